The number of aryl methyl sites for hydroxylation is 2. The first-order valence-corrected chi connectivity index (χ1v) is 8.76. The van der Waals surface area contributed by atoms with Crippen molar-refractivity contribution >= 4 is 11.6 Å². The summed E-state index contributed by atoms with van der Waals surface area (Å²) in [5.74, 6) is 0.821. The van der Waals surface area contributed by atoms with Crippen molar-refractivity contribution in [1.82, 2.24) is 4.90 Å². The summed E-state index contributed by atoms with van der Waals surface area (Å²) < 4.78 is 5.46. The first-order chi connectivity index (χ1) is 12.6. The average Bonchev–Trinajstić information content (AvgIpc) is 3.12. The van der Waals surface area contributed by atoms with Crippen LogP contribution in [0.5, 0.6) is 0 Å². The van der Waals surface area contributed by atoms with E-state index in [-0.39, 0.29) is 5.91 Å². The van der Waals surface area contributed by atoms with Crippen LogP contribution in [0, 0.1) is 13.8 Å². The molecule has 0 aliphatic heterocycles. The molecule has 0 atom stereocenters. The van der Waals surface area contributed by atoms with Gasteiger partial charge in [-0.2, -0.15) is 0 Å². The summed E-state index contributed by atoms with van der Waals surface area (Å²) in [6, 6.07) is 20.0. The van der Waals surface area contributed by atoms with Gasteiger partial charge in [-0.25, -0.2) is 0 Å². The molecule has 1 heterocycles. The van der Waals surface area contributed by atoms with Gasteiger partial charge in [-0.1, -0.05) is 42.5 Å². The van der Waals surface area contributed by atoms with Gasteiger partial charge >= 0.3 is 0 Å². The number of hydrogen-bond acceptors (Lipinski definition) is 3. The molecule has 1 amide bonds. The number of amides is 1. The van der Waals surface area contributed by atoms with Crippen molar-refractivity contribution in [3.63, 3.8) is 0 Å². The second-order valence-electron chi connectivity index (χ2n) is 6.58. The van der Waals surface area contributed by atoms with E-state index in [9.17, 15) is 4.79 Å². The highest BCUT2D eigenvalue weighted by Gasteiger charge is 2.14. The number of nitrogens with one attached hydrogen (secondary N) is 1. The van der Waals surface area contributed by atoms with Crippen LogP contribution in [0.4, 0.5) is 5.69 Å². The summed E-state index contributed by atoms with van der Waals surface area (Å²) >= 11 is 0. The molecule has 0 spiro atoms. The molecule has 0 bridgehead atoms. The lowest BCUT2D eigenvalue weighted by atomic mass is 10.1. The minimum Gasteiger partial charge on any atom is -0.468 e. The molecule has 0 aliphatic rings. The monoisotopic (exact) mass is 348 g/mol. The molecule has 0 radical (unpaired) electrons. The third kappa shape index (κ3) is 5.07. The second kappa shape index (κ2) is 8.50. The zero-order valence-electron chi connectivity index (χ0n) is 15.2. The number of benzene rings is 2. The smallest absolute Gasteiger partial charge is 0.238 e. The van der Waals surface area contributed by atoms with Gasteiger partial charge in [0.2, 0.25) is 5.91 Å². The van der Waals surface area contributed by atoms with Crippen LogP contribution in [0.25, 0.3) is 0 Å². The van der Waals surface area contributed by atoms with E-state index < -0.39 is 0 Å². The molecular weight excluding hydrogens is 324 g/mol. The van der Waals surface area contributed by atoms with E-state index in [1.165, 1.54) is 5.56 Å². The minimum atomic E-state index is -0.0267. The largest absolute Gasteiger partial charge is 0.468 e. The van der Waals surface area contributed by atoms with Gasteiger partial charge in [-0.05, 0) is 48.7 Å². The Labute approximate surface area is 154 Å². The van der Waals surface area contributed by atoms with E-state index in [2.05, 4.69) is 22.3 Å². The molecule has 3 rings (SSSR count). The summed E-state index contributed by atoms with van der Waals surface area (Å²) in [5, 5.41) is 3.04. The lowest BCUT2D eigenvalue weighted by Crippen LogP contribution is -2.32. The number of carbonyl (C=O) groups is 1. The molecule has 0 fully saturated rings. The lowest BCUT2D eigenvalue weighted by molar-refractivity contribution is -0.117. The highest BCUT2D eigenvalue weighted by molar-refractivity contribution is 5.93. The van der Waals surface area contributed by atoms with Crippen LogP contribution in [-0.2, 0) is 17.9 Å². The van der Waals surface area contributed by atoms with Gasteiger partial charge in [-0.15, -0.1) is 0 Å². The molecule has 3 aromatic rings. The van der Waals surface area contributed by atoms with E-state index in [1.54, 1.807) is 6.26 Å². The third-order valence-corrected chi connectivity index (χ3v) is 4.24. The Balaban J connectivity index is 1.69. The predicted octanol–water partition coefficient (Wildman–Crippen LogP) is 4.54. The van der Waals surface area contributed by atoms with E-state index in [1.807, 2.05) is 62.4 Å². The fourth-order valence-corrected chi connectivity index (χ4v) is 2.90. The maximum atomic E-state index is 12.6. The van der Waals surface area contributed by atoms with Gasteiger partial charge in [0, 0.05) is 12.2 Å². The van der Waals surface area contributed by atoms with Crippen LogP contribution in [0.3, 0.4) is 0 Å². The number of nitrogens with zero attached hydrogens (tertiary/aromatic N) is 1. The van der Waals surface area contributed by atoms with Gasteiger partial charge in [0.25, 0.3) is 0 Å². The summed E-state index contributed by atoms with van der Waals surface area (Å²) in [7, 11) is 0. The van der Waals surface area contributed by atoms with Crippen molar-refractivity contribution in [3.05, 3.63) is 89.4 Å². The molecule has 1 aromatic heterocycles. The van der Waals surface area contributed by atoms with Crippen molar-refractivity contribution in [1.29, 1.82) is 0 Å². The summed E-state index contributed by atoms with van der Waals surface area (Å²) in [4.78, 5) is 14.7. The van der Waals surface area contributed by atoms with Crippen LogP contribution >= 0.6 is 0 Å². The number of furan rings is 1. The second-order valence-corrected chi connectivity index (χ2v) is 6.58. The topological polar surface area (TPSA) is 45.5 Å². The number of rotatable bonds is 7. The quantitative estimate of drug-likeness (QED) is 0.682. The minimum absolute atomic E-state index is 0.0267. The average molecular weight is 348 g/mol. The Hall–Kier alpha value is -2.85. The van der Waals surface area contributed by atoms with E-state index in [0.29, 0.717) is 19.6 Å². The van der Waals surface area contributed by atoms with Crippen LogP contribution in [0.15, 0.2) is 71.3 Å². The van der Waals surface area contributed by atoms with E-state index >= 15 is 0 Å². The molecule has 4 nitrogen and oxygen atoms in total. The van der Waals surface area contributed by atoms with Gasteiger partial charge in [0.15, 0.2) is 0 Å². The Kier molecular flexibility index (Phi) is 5.87. The zero-order chi connectivity index (χ0) is 18.4. The molecule has 0 saturated carbocycles. The maximum absolute atomic E-state index is 12.6. The van der Waals surface area contributed by atoms with Crippen molar-refractivity contribution in [3.8, 4) is 0 Å². The van der Waals surface area contributed by atoms with Gasteiger partial charge < -0.3 is 9.73 Å². The Morgan fingerprint density at radius 1 is 1.00 bits per heavy atom. The van der Waals surface area contributed by atoms with Crippen LogP contribution in [0.2, 0.25) is 0 Å². The summed E-state index contributed by atoms with van der Waals surface area (Å²) in [6.07, 6.45) is 1.66. The standard InChI is InChI=1S/C22H24N2O2/c1-17-10-11-18(2)21(13-17)23-22(25)16-24(15-20-9-6-12-26-20)14-19-7-4-3-5-8-19/h3-13H,14-16H2,1-2H3,(H,23,25). The number of hydrogen-bond donors (Lipinski definition) is 1. The van der Waals surface area contributed by atoms with Crippen molar-refractivity contribution in [2.75, 3.05) is 11.9 Å². The molecule has 134 valence electrons. The fraction of sp³-hybridized carbons (Fsp3) is 0.227. The van der Waals surface area contributed by atoms with E-state index in [4.69, 9.17) is 4.42 Å². The lowest BCUT2D eigenvalue weighted by Gasteiger charge is -2.21. The Morgan fingerprint density at radius 2 is 1.81 bits per heavy atom. The molecule has 2 aromatic carbocycles. The molecule has 4 heteroatoms. The van der Waals surface area contributed by atoms with E-state index in [0.717, 1.165) is 22.6 Å². The maximum Gasteiger partial charge on any atom is 0.238 e. The summed E-state index contributed by atoms with van der Waals surface area (Å²) in [5.41, 5.74) is 4.22. The van der Waals surface area contributed by atoms with Gasteiger partial charge in [-0.3, -0.25) is 9.69 Å². The van der Waals surface area contributed by atoms with Gasteiger partial charge in [0.1, 0.15) is 5.76 Å². The third-order valence-electron chi connectivity index (χ3n) is 4.24. The van der Waals surface area contributed by atoms with Crippen molar-refractivity contribution in [2.24, 2.45) is 0 Å². The molecule has 1 N–H and O–H groups in total. The highest BCUT2D eigenvalue weighted by atomic mass is 16.3. The summed E-state index contributed by atoms with van der Waals surface area (Å²) in [6.45, 7) is 5.58. The van der Waals surface area contributed by atoms with Crippen LogP contribution in [-0.4, -0.2) is 17.4 Å². The molecule has 26 heavy (non-hydrogen) atoms. The Bertz CT molecular complexity index is 842. The fourth-order valence-electron chi connectivity index (χ4n) is 2.90. The number of carbonyl (C=O) groups excluding carboxylic acids is 1. The van der Waals surface area contributed by atoms with Crippen molar-refractivity contribution < 1.29 is 9.21 Å². The van der Waals surface area contributed by atoms with Gasteiger partial charge in [0.05, 0.1) is 19.4 Å². The molecule has 0 aliphatic carbocycles. The zero-order valence-corrected chi connectivity index (χ0v) is 15.2. The number of anilines is 1. The first kappa shape index (κ1) is 18.0. The highest BCUT2D eigenvalue weighted by Crippen LogP contribution is 2.17. The first-order valence-electron chi connectivity index (χ1n) is 8.76. The van der Waals surface area contributed by atoms with Crippen LogP contribution < -0.4 is 5.32 Å². The Morgan fingerprint density at radius 3 is 2.54 bits per heavy atom. The molecule has 0 unspecified atom stereocenters. The van der Waals surface area contributed by atoms with Crippen LogP contribution in [0.1, 0.15) is 22.5 Å². The molecular formula is C22H24N2O2. The molecule has 0 saturated heterocycles. The SMILES string of the molecule is Cc1ccc(C)c(NC(=O)CN(Cc2ccccc2)Cc2ccco2)c1. The normalized spacial score (nSPS) is 10.9. The van der Waals surface area contributed by atoms with Crippen molar-refractivity contribution in [2.45, 2.75) is 26.9 Å². The predicted molar refractivity (Wildman–Crippen MR) is 104 cm³/mol.